The van der Waals surface area contributed by atoms with E-state index >= 15 is 0 Å². The Morgan fingerprint density at radius 3 is 2.59 bits per heavy atom. The molecule has 0 saturated carbocycles. The van der Waals surface area contributed by atoms with Gasteiger partial charge in [-0.3, -0.25) is 4.79 Å². The van der Waals surface area contributed by atoms with Gasteiger partial charge in [-0.2, -0.15) is 13.2 Å². The van der Waals surface area contributed by atoms with Gasteiger partial charge in [0.25, 0.3) is 0 Å². The Hall–Kier alpha value is -2.38. The molecule has 2 unspecified atom stereocenters. The maximum absolute atomic E-state index is 13.1. The molecule has 3 nitrogen and oxygen atoms in total. The zero-order chi connectivity index (χ0) is 23.2. The number of thiophene rings is 1. The van der Waals surface area contributed by atoms with Crippen LogP contribution in [-0.4, -0.2) is 16.2 Å². The van der Waals surface area contributed by atoms with Crippen LogP contribution in [0.1, 0.15) is 77.3 Å². The Labute approximate surface area is 188 Å². The minimum Gasteiger partial charge on any atom is -0.481 e. The molecule has 1 aliphatic rings. The molecule has 0 amide bonds. The third-order valence-electron chi connectivity index (χ3n) is 6.29. The van der Waals surface area contributed by atoms with Crippen molar-refractivity contribution in [1.29, 1.82) is 0 Å². The molecule has 7 heteroatoms. The van der Waals surface area contributed by atoms with Gasteiger partial charge in [0.1, 0.15) is 0 Å². The van der Waals surface area contributed by atoms with E-state index < -0.39 is 29.7 Å². The number of benzene rings is 2. The topological polar surface area (TPSA) is 57.5 Å². The van der Waals surface area contributed by atoms with E-state index in [2.05, 4.69) is 0 Å². The van der Waals surface area contributed by atoms with Crippen LogP contribution < -0.4 is 0 Å². The first kappa shape index (κ1) is 22.8. The summed E-state index contributed by atoms with van der Waals surface area (Å²) < 4.78 is 40.0. The van der Waals surface area contributed by atoms with E-state index in [1.54, 1.807) is 12.1 Å². The first-order valence-corrected chi connectivity index (χ1v) is 11.5. The number of carboxylic acid groups (broad SMARTS) is 1. The number of rotatable bonds is 6. The molecule has 1 aromatic heterocycles. The number of aliphatic hydroxyl groups excluding tert-OH is 1. The monoisotopic (exact) mass is 462 g/mol. The third kappa shape index (κ3) is 4.28. The van der Waals surface area contributed by atoms with Gasteiger partial charge in [-0.25, -0.2) is 0 Å². The maximum Gasteiger partial charge on any atom is 0.416 e. The van der Waals surface area contributed by atoms with Gasteiger partial charge in [0, 0.05) is 9.58 Å². The number of hydrogen-bond acceptors (Lipinski definition) is 3. The van der Waals surface area contributed by atoms with Gasteiger partial charge in [0.15, 0.2) is 0 Å². The van der Waals surface area contributed by atoms with Crippen LogP contribution in [0.4, 0.5) is 13.2 Å². The molecule has 3 aromatic rings. The summed E-state index contributed by atoms with van der Waals surface area (Å²) >= 11 is 1.36. The second-order valence-corrected chi connectivity index (χ2v) is 9.88. The van der Waals surface area contributed by atoms with Crippen molar-refractivity contribution in [2.45, 2.75) is 63.6 Å². The number of carboxylic acids is 1. The first-order chi connectivity index (χ1) is 15.1. The highest BCUT2D eigenvalue weighted by Crippen LogP contribution is 2.41. The molecule has 0 fully saturated rings. The molecule has 4 rings (SSSR count). The van der Waals surface area contributed by atoms with Gasteiger partial charge < -0.3 is 10.2 Å². The largest absolute Gasteiger partial charge is 0.481 e. The van der Waals surface area contributed by atoms with Gasteiger partial charge in [-0.05, 0) is 71.4 Å². The van der Waals surface area contributed by atoms with E-state index in [0.717, 1.165) is 39.4 Å². The molecule has 1 aliphatic carbocycles. The Morgan fingerprint density at radius 2 is 1.94 bits per heavy atom. The highest BCUT2D eigenvalue weighted by atomic mass is 32.1. The Bertz CT molecular complexity index is 1160. The third-order valence-corrected chi connectivity index (χ3v) is 7.51. The molecule has 2 aromatic carbocycles. The van der Waals surface area contributed by atoms with E-state index in [-0.39, 0.29) is 5.92 Å². The molecule has 0 saturated heterocycles. The van der Waals surface area contributed by atoms with Gasteiger partial charge in [0.05, 0.1) is 17.6 Å². The van der Waals surface area contributed by atoms with E-state index in [1.165, 1.54) is 17.4 Å². The van der Waals surface area contributed by atoms with Crippen molar-refractivity contribution in [1.82, 2.24) is 0 Å². The number of aryl methyl sites for hydroxylation is 2. The molecule has 0 spiro atoms. The fourth-order valence-electron chi connectivity index (χ4n) is 4.68. The van der Waals surface area contributed by atoms with Crippen molar-refractivity contribution in [3.05, 3.63) is 69.1 Å². The zero-order valence-corrected chi connectivity index (χ0v) is 18.7. The summed E-state index contributed by atoms with van der Waals surface area (Å²) in [5.74, 6) is -1.24. The average Bonchev–Trinajstić information content (AvgIpc) is 3.31. The lowest BCUT2D eigenvalue weighted by Gasteiger charge is -2.15. The summed E-state index contributed by atoms with van der Waals surface area (Å²) in [5.41, 5.74) is 2.85. The summed E-state index contributed by atoms with van der Waals surface area (Å²) in [4.78, 5) is 12.5. The molecule has 2 atom stereocenters. The van der Waals surface area contributed by atoms with Crippen molar-refractivity contribution in [3.63, 3.8) is 0 Å². The fraction of sp³-hybridized carbons (Fsp3) is 0.400. The minimum absolute atomic E-state index is 0.143. The molecule has 0 aliphatic heterocycles. The Balaban J connectivity index is 1.58. The van der Waals surface area contributed by atoms with Crippen LogP contribution in [-0.2, 0) is 23.8 Å². The normalized spacial score (nSPS) is 17.2. The SMILES string of the molecule is CC(C)c1c(CCC(O)c2ccc3c(c2)C(C(=O)O)CC3)sc2cc(C(F)(F)F)ccc12. The number of aliphatic carboxylic acids is 1. The summed E-state index contributed by atoms with van der Waals surface area (Å²) in [6.45, 7) is 4.04. The van der Waals surface area contributed by atoms with Crippen LogP contribution in [0.2, 0.25) is 0 Å². The standard InChI is InChI=1S/C25H25F3O3S/c1-13(2)23-18-8-6-16(25(26,27)28)12-22(18)32-21(23)10-9-20(29)15-4-3-14-5-7-17(24(30)31)19(14)11-15/h3-4,6,8,11-13,17,20,29H,5,7,9-10H2,1-2H3,(H,30,31). The van der Waals surface area contributed by atoms with E-state index in [1.807, 2.05) is 26.0 Å². The van der Waals surface area contributed by atoms with Gasteiger partial charge in [-0.15, -0.1) is 11.3 Å². The average molecular weight is 463 g/mol. The van der Waals surface area contributed by atoms with Gasteiger partial charge >= 0.3 is 12.1 Å². The Kier molecular flexibility index (Phi) is 6.07. The summed E-state index contributed by atoms with van der Waals surface area (Å²) in [6.07, 6.45) is -2.91. The number of hydrogen-bond donors (Lipinski definition) is 2. The summed E-state index contributed by atoms with van der Waals surface area (Å²) in [5, 5.41) is 21.1. The zero-order valence-electron chi connectivity index (χ0n) is 17.9. The van der Waals surface area contributed by atoms with Crippen LogP contribution >= 0.6 is 11.3 Å². The number of halogens is 3. The number of alkyl halides is 3. The summed E-state index contributed by atoms with van der Waals surface area (Å²) in [6, 6.07) is 9.43. The predicted molar refractivity (Wildman–Crippen MR) is 119 cm³/mol. The lowest BCUT2D eigenvalue weighted by Crippen LogP contribution is -2.09. The van der Waals surface area contributed by atoms with E-state index in [0.29, 0.717) is 29.5 Å². The summed E-state index contributed by atoms with van der Waals surface area (Å²) in [7, 11) is 0. The van der Waals surface area contributed by atoms with Crippen LogP contribution in [0.15, 0.2) is 36.4 Å². The molecular weight excluding hydrogens is 437 g/mol. The van der Waals surface area contributed by atoms with E-state index in [4.69, 9.17) is 0 Å². The predicted octanol–water partition coefficient (Wildman–Crippen LogP) is 6.82. The van der Waals surface area contributed by atoms with Gasteiger partial charge in [0.2, 0.25) is 0 Å². The molecule has 2 N–H and O–H groups in total. The van der Waals surface area contributed by atoms with Crippen LogP contribution in [0.25, 0.3) is 10.1 Å². The first-order valence-electron chi connectivity index (χ1n) is 10.7. The highest BCUT2D eigenvalue weighted by molar-refractivity contribution is 7.19. The highest BCUT2D eigenvalue weighted by Gasteiger charge is 2.31. The Morgan fingerprint density at radius 1 is 1.19 bits per heavy atom. The van der Waals surface area contributed by atoms with Crippen molar-refractivity contribution < 1.29 is 28.2 Å². The molecule has 0 bridgehead atoms. The van der Waals surface area contributed by atoms with Crippen LogP contribution in [0.5, 0.6) is 0 Å². The lowest BCUT2D eigenvalue weighted by atomic mass is 9.94. The van der Waals surface area contributed by atoms with E-state index in [9.17, 15) is 28.2 Å². The quantitative estimate of drug-likeness (QED) is 0.422. The van der Waals surface area contributed by atoms with Crippen LogP contribution in [0, 0.1) is 0 Å². The second-order valence-electron chi connectivity index (χ2n) is 8.74. The number of carbonyl (C=O) groups is 1. The van der Waals surface area contributed by atoms with Crippen molar-refractivity contribution in [2.75, 3.05) is 0 Å². The lowest BCUT2D eigenvalue weighted by molar-refractivity contribution is -0.139. The molecule has 1 heterocycles. The molecular formula is C25H25F3O3S. The van der Waals surface area contributed by atoms with Crippen molar-refractivity contribution in [3.8, 4) is 0 Å². The second kappa shape index (κ2) is 8.52. The van der Waals surface area contributed by atoms with Crippen molar-refractivity contribution in [2.24, 2.45) is 0 Å². The van der Waals surface area contributed by atoms with Gasteiger partial charge in [-0.1, -0.05) is 38.1 Å². The minimum atomic E-state index is -4.38. The number of fused-ring (bicyclic) bond motifs is 2. The molecule has 32 heavy (non-hydrogen) atoms. The van der Waals surface area contributed by atoms with Crippen molar-refractivity contribution >= 4 is 27.4 Å². The number of aliphatic hydroxyl groups is 1. The maximum atomic E-state index is 13.1. The smallest absolute Gasteiger partial charge is 0.416 e. The van der Waals surface area contributed by atoms with Crippen LogP contribution in [0.3, 0.4) is 0 Å². The fourth-order valence-corrected chi connectivity index (χ4v) is 6.10. The molecule has 170 valence electrons. The molecule has 0 radical (unpaired) electrons.